The number of nitrogens with zero attached hydrogens (tertiary/aromatic N) is 5. The number of amidine groups is 2. The van der Waals surface area contributed by atoms with Gasteiger partial charge in [-0.05, 0) is 6.72 Å². The fourth-order valence-electron chi connectivity index (χ4n) is 1.10. The van der Waals surface area contributed by atoms with Crippen LogP contribution in [0.2, 0.25) is 0 Å². The molecule has 0 saturated heterocycles. The molecule has 0 bridgehead atoms. The van der Waals surface area contributed by atoms with Gasteiger partial charge >= 0.3 is 0 Å². The van der Waals surface area contributed by atoms with Crippen LogP contribution >= 0.6 is 0 Å². The summed E-state index contributed by atoms with van der Waals surface area (Å²) in [6, 6.07) is 0. The molecule has 2 heterocycles. The summed E-state index contributed by atoms with van der Waals surface area (Å²) in [6.45, 7) is 3.38. The van der Waals surface area contributed by atoms with Crippen molar-refractivity contribution in [2.24, 2.45) is 20.9 Å². The van der Waals surface area contributed by atoms with Crippen molar-refractivity contribution in [2.45, 2.75) is 0 Å². The minimum absolute atomic E-state index is 0.155. The SMILES string of the molecule is C=N/C(=N\N=C(/N)c1ncc[nH]1)c1ncc[nH]1. The van der Waals surface area contributed by atoms with Crippen molar-refractivity contribution >= 4 is 18.4 Å². The van der Waals surface area contributed by atoms with Gasteiger partial charge in [-0.3, -0.25) is 0 Å². The van der Waals surface area contributed by atoms with Crippen LogP contribution in [0.5, 0.6) is 0 Å². The lowest BCUT2D eigenvalue weighted by Crippen LogP contribution is -2.15. The van der Waals surface area contributed by atoms with Gasteiger partial charge in [-0.15, -0.1) is 10.2 Å². The molecule has 0 spiro atoms. The molecule has 86 valence electrons. The summed E-state index contributed by atoms with van der Waals surface area (Å²) in [5.41, 5.74) is 5.65. The number of imidazole rings is 2. The first-order chi connectivity index (χ1) is 8.31. The molecule has 2 rings (SSSR count). The number of hydrogen-bond acceptors (Lipinski definition) is 4. The van der Waals surface area contributed by atoms with E-state index >= 15 is 0 Å². The molecule has 8 heteroatoms. The number of aromatic nitrogens is 4. The van der Waals surface area contributed by atoms with Crippen LogP contribution in [0.3, 0.4) is 0 Å². The molecule has 0 atom stereocenters. The first-order valence-electron chi connectivity index (χ1n) is 4.68. The maximum Gasteiger partial charge on any atom is 0.217 e. The molecule has 0 aliphatic rings. The number of H-pyrrole nitrogens is 2. The van der Waals surface area contributed by atoms with Crippen LogP contribution in [0, 0.1) is 0 Å². The van der Waals surface area contributed by atoms with Gasteiger partial charge in [0.15, 0.2) is 17.5 Å². The number of hydrogen-bond donors (Lipinski definition) is 3. The summed E-state index contributed by atoms with van der Waals surface area (Å²) >= 11 is 0. The third-order valence-corrected chi connectivity index (χ3v) is 1.85. The Morgan fingerprint density at radius 3 is 2.29 bits per heavy atom. The number of aliphatic imine (C=N–C) groups is 1. The summed E-state index contributed by atoms with van der Waals surface area (Å²) in [5, 5.41) is 7.63. The number of nitrogens with two attached hydrogens (primary N) is 1. The van der Waals surface area contributed by atoms with Gasteiger partial charge in [0.1, 0.15) is 0 Å². The van der Waals surface area contributed by atoms with E-state index in [1.54, 1.807) is 24.8 Å². The zero-order valence-electron chi connectivity index (χ0n) is 8.83. The fraction of sp³-hybridized carbons (Fsp3) is 0. The van der Waals surface area contributed by atoms with Gasteiger partial charge in [-0.25, -0.2) is 15.0 Å². The number of rotatable bonds is 3. The topological polar surface area (TPSA) is 120 Å². The summed E-state index contributed by atoms with van der Waals surface area (Å²) in [5.74, 6) is 1.32. The van der Waals surface area contributed by atoms with Crippen molar-refractivity contribution in [3.05, 3.63) is 36.4 Å². The van der Waals surface area contributed by atoms with Gasteiger partial charge in [0, 0.05) is 24.8 Å². The molecule has 17 heavy (non-hydrogen) atoms. The van der Waals surface area contributed by atoms with E-state index in [1.807, 2.05) is 0 Å². The van der Waals surface area contributed by atoms with Crippen LogP contribution < -0.4 is 5.73 Å². The Bertz CT molecular complexity index is 534. The molecule has 4 N–H and O–H groups in total. The highest BCUT2D eigenvalue weighted by Gasteiger charge is 2.04. The Hall–Kier alpha value is -2.77. The molecule has 0 radical (unpaired) electrons. The fourth-order valence-corrected chi connectivity index (χ4v) is 1.10. The Balaban J connectivity index is 2.24. The highest BCUT2D eigenvalue weighted by molar-refractivity contribution is 5.99. The molecule has 0 amide bonds. The lowest BCUT2D eigenvalue weighted by Gasteiger charge is -1.94. The van der Waals surface area contributed by atoms with Crippen molar-refractivity contribution in [1.82, 2.24) is 19.9 Å². The maximum absolute atomic E-state index is 5.65. The van der Waals surface area contributed by atoms with Crippen LogP contribution in [0.1, 0.15) is 11.6 Å². The van der Waals surface area contributed by atoms with Crippen molar-refractivity contribution in [2.75, 3.05) is 0 Å². The molecule has 0 aromatic carbocycles. The second-order valence-corrected chi connectivity index (χ2v) is 2.94. The summed E-state index contributed by atoms with van der Waals surface area (Å²) in [7, 11) is 0. The van der Waals surface area contributed by atoms with Crippen LogP contribution in [0.25, 0.3) is 0 Å². The van der Waals surface area contributed by atoms with Crippen molar-refractivity contribution in [3.63, 3.8) is 0 Å². The molecule has 2 aromatic rings. The second-order valence-electron chi connectivity index (χ2n) is 2.94. The number of aromatic amines is 2. The maximum atomic E-state index is 5.65. The highest BCUT2D eigenvalue weighted by Crippen LogP contribution is 1.96. The van der Waals surface area contributed by atoms with Crippen LogP contribution in [-0.4, -0.2) is 38.3 Å². The van der Waals surface area contributed by atoms with Gasteiger partial charge in [0.25, 0.3) is 0 Å². The van der Waals surface area contributed by atoms with Crippen molar-refractivity contribution < 1.29 is 0 Å². The molecule has 0 aliphatic carbocycles. The molecular weight excluding hydrogens is 220 g/mol. The summed E-state index contributed by atoms with van der Waals surface area (Å²) in [4.78, 5) is 17.2. The first-order valence-corrected chi connectivity index (χ1v) is 4.68. The van der Waals surface area contributed by atoms with Crippen LogP contribution in [0.15, 0.2) is 40.0 Å². The Morgan fingerprint density at radius 2 is 1.76 bits per heavy atom. The zero-order valence-corrected chi connectivity index (χ0v) is 8.83. The van der Waals surface area contributed by atoms with E-state index in [4.69, 9.17) is 5.73 Å². The minimum Gasteiger partial charge on any atom is -0.379 e. The van der Waals surface area contributed by atoms with Crippen molar-refractivity contribution in [1.29, 1.82) is 0 Å². The highest BCUT2D eigenvalue weighted by atomic mass is 15.3. The lowest BCUT2D eigenvalue weighted by atomic mass is 10.5. The largest absolute Gasteiger partial charge is 0.379 e. The van der Waals surface area contributed by atoms with E-state index in [2.05, 4.69) is 41.8 Å². The van der Waals surface area contributed by atoms with E-state index < -0.39 is 0 Å². The lowest BCUT2D eigenvalue weighted by molar-refractivity contribution is 1.14. The van der Waals surface area contributed by atoms with E-state index in [-0.39, 0.29) is 11.7 Å². The molecule has 0 saturated carbocycles. The van der Waals surface area contributed by atoms with Gasteiger partial charge in [0.05, 0.1) is 0 Å². The van der Waals surface area contributed by atoms with E-state index in [9.17, 15) is 0 Å². The summed E-state index contributed by atoms with van der Waals surface area (Å²) in [6.07, 6.45) is 6.44. The van der Waals surface area contributed by atoms with Gasteiger partial charge in [-0.2, -0.15) is 0 Å². The third-order valence-electron chi connectivity index (χ3n) is 1.85. The van der Waals surface area contributed by atoms with Crippen molar-refractivity contribution in [3.8, 4) is 0 Å². The standard InChI is InChI=1S/C9H10N8/c1-11-8(9-14-4-5-15-9)17-16-6(10)7-12-2-3-13-7/h2-5H,1H2,(H2,10,16)(H,12,13)(H,14,15)/b17-8-. The van der Waals surface area contributed by atoms with Gasteiger partial charge in [0.2, 0.25) is 5.84 Å². The van der Waals surface area contributed by atoms with E-state index in [0.717, 1.165) is 0 Å². The Kier molecular flexibility index (Phi) is 3.05. The average Bonchev–Trinajstić information content (AvgIpc) is 3.02. The van der Waals surface area contributed by atoms with Gasteiger partial charge in [-0.1, -0.05) is 0 Å². The van der Waals surface area contributed by atoms with Crippen LogP contribution in [0.4, 0.5) is 0 Å². The molecule has 8 nitrogen and oxygen atoms in total. The van der Waals surface area contributed by atoms with E-state index in [0.29, 0.717) is 11.6 Å². The quantitative estimate of drug-likeness (QED) is 0.388. The molecule has 2 aromatic heterocycles. The average molecular weight is 230 g/mol. The zero-order chi connectivity index (χ0) is 12.1. The smallest absolute Gasteiger partial charge is 0.217 e. The second kappa shape index (κ2) is 4.84. The minimum atomic E-state index is 0.155. The normalized spacial score (nSPS) is 12.7. The molecule has 0 aliphatic heterocycles. The molecule has 0 unspecified atom stereocenters. The monoisotopic (exact) mass is 230 g/mol. The van der Waals surface area contributed by atoms with E-state index in [1.165, 1.54) is 0 Å². The predicted molar refractivity (Wildman–Crippen MR) is 64.0 cm³/mol. The number of nitrogens with one attached hydrogen (secondary N) is 2. The third kappa shape index (κ3) is 2.43. The predicted octanol–water partition coefficient (Wildman–Crippen LogP) is -0.0995. The molecular formula is C9H10N8. The van der Waals surface area contributed by atoms with Gasteiger partial charge < -0.3 is 15.7 Å². The Labute approximate surface area is 96.4 Å². The van der Waals surface area contributed by atoms with Crippen LogP contribution in [-0.2, 0) is 0 Å². The Morgan fingerprint density at radius 1 is 1.12 bits per heavy atom. The first kappa shape index (κ1) is 10.7. The summed E-state index contributed by atoms with van der Waals surface area (Å²) < 4.78 is 0. The molecule has 0 fully saturated rings.